The van der Waals surface area contributed by atoms with Crippen molar-refractivity contribution in [3.05, 3.63) is 57.3 Å². The molecule has 0 aliphatic carbocycles. The second-order valence-electron chi connectivity index (χ2n) is 6.15. The maximum Gasteiger partial charge on any atom is 0.274 e. The lowest BCUT2D eigenvalue weighted by Gasteiger charge is -2.09. The Labute approximate surface area is 145 Å². The first-order valence-corrected chi connectivity index (χ1v) is 8.09. The van der Waals surface area contributed by atoms with Gasteiger partial charge in [-0.3, -0.25) is 14.3 Å². The van der Waals surface area contributed by atoms with Crippen molar-refractivity contribution in [2.75, 3.05) is 0 Å². The predicted molar refractivity (Wildman–Crippen MR) is 95.2 cm³/mol. The summed E-state index contributed by atoms with van der Waals surface area (Å²) in [6.07, 6.45) is 0.118. The van der Waals surface area contributed by atoms with E-state index in [1.807, 2.05) is 39.1 Å². The maximum atomic E-state index is 12.4. The van der Waals surface area contributed by atoms with Gasteiger partial charge in [0.05, 0.1) is 23.2 Å². The molecule has 3 rings (SSSR count). The number of nitrogens with zero attached hydrogens (tertiary/aromatic N) is 4. The van der Waals surface area contributed by atoms with E-state index in [2.05, 4.69) is 15.5 Å². The van der Waals surface area contributed by atoms with Gasteiger partial charge >= 0.3 is 0 Å². The van der Waals surface area contributed by atoms with Crippen LogP contribution in [0.25, 0.3) is 10.8 Å². The van der Waals surface area contributed by atoms with Crippen molar-refractivity contribution in [1.82, 2.24) is 24.9 Å². The molecule has 7 heteroatoms. The molecule has 0 spiro atoms. The second kappa shape index (κ2) is 6.51. The molecule has 0 fully saturated rings. The van der Waals surface area contributed by atoms with Gasteiger partial charge in [0.2, 0.25) is 5.91 Å². The van der Waals surface area contributed by atoms with Gasteiger partial charge in [-0.2, -0.15) is 10.2 Å². The van der Waals surface area contributed by atoms with Gasteiger partial charge < -0.3 is 5.32 Å². The lowest BCUT2D eigenvalue weighted by atomic mass is 10.1. The Morgan fingerprint density at radius 1 is 1.08 bits per heavy atom. The fraction of sp³-hybridized carbons (Fsp3) is 0.333. The molecule has 0 aliphatic rings. The van der Waals surface area contributed by atoms with Crippen LogP contribution in [0.5, 0.6) is 0 Å². The predicted octanol–water partition coefficient (Wildman–Crippen LogP) is 1.14. The van der Waals surface area contributed by atoms with E-state index in [9.17, 15) is 9.59 Å². The van der Waals surface area contributed by atoms with Crippen LogP contribution in [0.4, 0.5) is 0 Å². The molecule has 1 aromatic carbocycles. The van der Waals surface area contributed by atoms with Crippen LogP contribution in [0.2, 0.25) is 0 Å². The maximum absolute atomic E-state index is 12.4. The van der Waals surface area contributed by atoms with Crippen LogP contribution in [0.1, 0.15) is 22.6 Å². The van der Waals surface area contributed by atoms with Gasteiger partial charge in [-0.25, -0.2) is 4.68 Å². The summed E-state index contributed by atoms with van der Waals surface area (Å²) in [6, 6.07) is 7.22. The molecule has 2 aromatic heterocycles. The van der Waals surface area contributed by atoms with Crippen molar-refractivity contribution in [2.24, 2.45) is 14.1 Å². The number of aromatic nitrogens is 4. The molecule has 3 aromatic rings. The molecule has 2 heterocycles. The molecule has 0 radical (unpaired) electrons. The van der Waals surface area contributed by atoms with Crippen LogP contribution < -0.4 is 10.9 Å². The molecule has 0 aliphatic heterocycles. The van der Waals surface area contributed by atoms with Gasteiger partial charge in [0.1, 0.15) is 0 Å². The molecule has 130 valence electrons. The fourth-order valence-electron chi connectivity index (χ4n) is 2.98. The van der Waals surface area contributed by atoms with Crippen molar-refractivity contribution in [1.29, 1.82) is 0 Å². The monoisotopic (exact) mass is 339 g/mol. The Bertz CT molecular complexity index is 1020. The van der Waals surface area contributed by atoms with E-state index in [1.54, 1.807) is 17.8 Å². The van der Waals surface area contributed by atoms with Gasteiger partial charge in [0, 0.05) is 37.3 Å². The highest BCUT2D eigenvalue weighted by molar-refractivity contribution is 5.88. The molecule has 0 atom stereocenters. The first-order valence-electron chi connectivity index (χ1n) is 8.09. The molecule has 1 amide bonds. The van der Waals surface area contributed by atoms with E-state index in [-0.39, 0.29) is 17.9 Å². The van der Waals surface area contributed by atoms with E-state index in [4.69, 9.17) is 0 Å². The summed E-state index contributed by atoms with van der Waals surface area (Å²) in [6.45, 7) is 4.33. The Morgan fingerprint density at radius 3 is 2.40 bits per heavy atom. The summed E-state index contributed by atoms with van der Waals surface area (Å²) >= 11 is 0. The third kappa shape index (κ3) is 3.17. The number of fused-ring (bicyclic) bond motifs is 1. The Balaban J connectivity index is 1.81. The van der Waals surface area contributed by atoms with E-state index < -0.39 is 0 Å². The SMILES string of the molecule is Cc1nn(C)c(C)c1CNC(=O)Cc1nn(C)c(=O)c2ccccc12. The van der Waals surface area contributed by atoms with Gasteiger partial charge in [0.15, 0.2) is 0 Å². The van der Waals surface area contributed by atoms with E-state index in [0.717, 1.165) is 22.3 Å². The number of hydrogen-bond acceptors (Lipinski definition) is 4. The van der Waals surface area contributed by atoms with Crippen LogP contribution >= 0.6 is 0 Å². The molecular weight excluding hydrogens is 318 g/mol. The molecule has 0 bridgehead atoms. The number of amides is 1. The van der Waals surface area contributed by atoms with Gasteiger partial charge in [-0.1, -0.05) is 18.2 Å². The van der Waals surface area contributed by atoms with Crippen LogP contribution in [-0.2, 0) is 31.9 Å². The van der Waals surface area contributed by atoms with Crippen LogP contribution in [0, 0.1) is 13.8 Å². The van der Waals surface area contributed by atoms with Gasteiger partial charge in [-0.15, -0.1) is 0 Å². The molecule has 0 saturated carbocycles. The smallest absolute Gasteiger partial charge is 0.274 e. The lowest BCUT2D eigenvalue weighted by molar-refractivity contribution is -0.120. The number of aryl methyl sites for hydroxylation is 3. The standard InChI is InChI=1S/C18H21N5O2/c1-11-15(12(2)22(3)20-11)10-19-17(24)9-16-13-7-5-6-8-14(13)18(25)23(4)21-16/h5-8H,9-10H2,1-4H3,(H,19,24). The minimum atomic E-state index is -0.165. The minimum Gasteiger partial charge on any atom is -0.352 e. The summed E-state index contributed by atoms with van der Waals surface area (Å²) in [5.41, 5.74) is 3.39. The average molecular weight is 339 g/mol. The van der Waals surface area contributed by atoms with Crippen molar-refractivity contribution < 1.29 is 4.79 Å². The molecule has 0 unspecified atom stereocenters. The third-order valence-electron chi connectivity index (χ3n) is 4.48. The highest BCUT2D eigenvalue weighted by Crippen LogP contribution is 2.14. The number of hydrogen-bond donors (Lipinski definition) is 1. The fourth-order valence-corrected chi connectivity index (χ4v) is 2.98. The summed E-state index contributed by atoms with van der Waals surface area (Å²) < 4.78 is 3.08. The number of carbonyl (C=O) groups is 1. The zero-order valence-electron chi connectivity index (χ0n) is 14.8. The second-order valence-corrected chi connectivity index (χ2v) is 6.15. The van der Waals surface area contributed by atoms with Crippen molar-refractivity contribution >= 4 is 16.7 Å². The van der Waals surface area contributed by atoms with E-state index >= 15 is 0 Å². The highest BCUT2D eigenvalue weighted by atomic mass is 16.1. The number of rotatable bonds is 4. The van der Waals surface area contributed by atoms with Gasteiger partial charge in [0.25, 0.3) is 5.56 Å². The van der Waals surface area contributed by atoms with Crippen molar-refractivity contribution in [3.63, 3.8) is 0 Å². The van der Waals surface area contributed by atoms with Crippen molar-refractivity contribution in [2.45, 2.75) is 26.8 Å². The number of nitrogens with one attached hydrogen (secondary N) is 1. The number of carbonyl (C=O) groups excluding carboxylic acids is 1. The van der Waals surface area contributed by atoms with Crippen molar-refractivity contribution in [3.8, 4) is 0 Å². The molecule has 1 N–H and O–H groups in total. The van der Waals surface area contributed by atoms with E-state index in [1.165, 1.54) is 4.68 Å². The molecule has 25 heavy (non-hydrogen) atoms. The zero-order chi connectivity index (χ0) is 18.1. The topological polar surface area (TPSA) is 81.8 Å². The first-order chi connectivity index (χ1) is 11.9. The Kier molecular flexibility index (Phi) is 4.39. The zero-order valence-corrected chi connectivity index (χ0v) is 14.8. The number of benzene rings is 1. The van der Waals surface area contributed by atoms with E-state index in [0.29, 0.717) is 17.6 Å². The van der Waals surface area contributed by atoms with Gasteiger partial charge in [-0.05, 0) is 19.9 Å². The normalized spacial score (nSPS) is 11.0. The Hall–Kier alpha value is -2.96. The minimum absolute atomic E-state index is 0.118. The first kappa shape index (κ1) is 16.9. The van der Waals surface area contributed by atoms with Crippen LogP contribution in [0.3, 0.4) is 0 Å². The molecule has 0 saturated heterocycles. The quantitative estimate of drug-likeness (QED) is 0.773. The summed E-state index contributed by atoms with van der Waals surface area (Å²) in [7, 11) is 3.48. The molecule has 7 nitrogen and oxygen atoms in total. The lowest BCUT2D eigenvalue weighted by Crippen LogP contribution is -2.28. The van der Waals surface area contributed by atoms with Crippen LogP contribution in [-0.4, -0.2) is 25.5 Å². The Morgan fingerprint density at radius 2 is 1.76 bits per heavy atom. The average Bonchev–Trinajstić information content (AvgIpc) is 2.83. The van der Waals surface area contributed by atoms with Crippen LogP contribution in [0.15, 0.2) is 29.1 Å². The molecular formula is C18H21N5O2. The highest BCUT2D eigenvalue weighted by Gasteiger charge is 2.14. The third-order valence-corrected chi connectivity index (χ3v) is 4.48. The summed E-state index contributed by atoms with van der Waals surface area (Å²) in [4.78, 5) is 24.5. The summed E-state index contributed by atoms with van der Waals surface area (Å²) in [5, 5.41) is 12.8. The largest absolute Gasteiger partial charge is 0.352 e. The summed E-state index contributed by atoms with van der Waals surface area (Å²) in [5.74, 6) is -0.140.